The third kappa shape index (κ3) is 26.6. The van der Waals surface area contributed by atoms with E-state index in [1.807, 2.05) is 0 Å². The van der Waals surface area contributed by atoms with E-state index in [4.69, 9.17) is 22.3 Å². The molecule has 0 saturated carbocycles. The van der Waals surface area contributed by atoms with Crippen LogP contribution in [0.1, 0.15) is 0 Å². The molecule has 5 heteroatoms. The van der Waals surface area contributed by atoms with Gasteiger partial charge in [0.1, 0.15) is 0 Å². The molecule has 0 N–H and O–H groups in total. The van der Waals surface area contributed by atoms with Gasteiger partial charge in [-0.15, -0.1) is 0 Å². The number of hydrogen-bond donors (Lipinski definition) is 0. The van der Waals surface area contributed by atoms with Crippen LogP contribution in [0, 0.1) is 0 Å². The third-order valence-electron chi connectivity index (χ3n) is 0. The van der Waals surface area contributed by atoms with Crippen molar-refractivity contribution in [3.63, 3.8) is 0 Å². The van der Waals surface area contributed by atoms with Crippen LogP contribution < -0.4 is 0 Å². The standard InChI is InChI=1S/2ClH.O.Pd.Pt/h2*1H;;;/q;;;;+2/p-2. The number of hydrogen-bond acceptors (Lipinski definition) is 1. The van der Waals surface area contributed by atoms with Crippen LogP contribution in [0.4, 0.5) is 0 Å². The van der Waals surface area contributed by atoms with Crippen molar-refractivity contribution in [3.8, 4) is 0 Å². The Labute approximate surface area is 57.5 Å². The van der Waals surface area contributed by atoms with Crippen LogP contribution in [0.15, 0.2) is 0 Å². The Morgan fingerprint density at radius 2 is 1.40 bits per heavy atom. The van der Waals surface area contributed by atoms with E-state index < -0.39 is 16.5 Å². The predicted octanol–water partition coefficient (Wildman–Crippen LogP) is 1.26. The molecule has 1 nitrogen and oxygen atoms in total. The minimum atomic E-state index is -0.472. The first-order chi connectivity index (χ1) is 2.41. The SMILES string of the molecule is [Cl][Pt][Cl].[O]=[Pd]. The zero-order chi connectivity index (χ0) is 4.71. The molecule has 0 radical (unpaired) electrons. The molecule has 0 rings (SSSR count). The summed E-state index contributed by atoms with van der Waals surface area (Å²) in [6.45, 7) is 0. The van der Waals surface area contributed by atoms with Crippen LogP contribution in [-0.4, -0.2) is 0 Å². The molecule has 40 valence electrons. The van der Waals surface area contributed by atoms with Crippen LogP contribution in [0.5, 0.6) is 0 Å². The summed E-state index contributed by atoms with van der Waals surface area (Å²) in [6.07, 6.45) is 0. The summed E-state index contributed by atoms with van der Waals surface area (Å²) in [5.41, 5.74) is 0. The van der Waals surface area contributed by atoms with Crippen molar-refractivity contribution in [1.29, 1.82) is 0 Å². The average molecular weight is 388 g/mol. The Hall–Kier alpha value is 1.73. The van der Waals surface area contributed by atoms with Gasteiger partial charge >= 0.3 is 57.9 Å². The summed E-state index contributed by atoms with van der Waals surface area (Å²) in [7, 11) is 9.75. The zero-order valence-corrected chi connectivity index (χ0v) is 7.14. The fraction of sp³-hybridized carbons (Fsp3) is 0. The summed E-state index contributed by atoms with van der Waals surface area (Å²) >= 11 is 1.03. The van der Waals surface area contributed by atoms with Gasteiger partial charge in [-0.1, -0.05) is 0 Å². The van der Waals surface area contributed by atoms with Crippen molar-refractivity contribution < 1.29 is 39.1 Å². The van der Waals surface area contributed by atoms with E-state index in [1.165, 1.54) is 19.2 Å². The molecule has 0 atom stereocenters. The van der Waals surface area contributed by atoms with E-state index in [0.717, 1.165) is 0 Å². The molecule has 0 aliphatic carbocycles. The van der Waals surface area contributed by atoms with Gasteiger partial charge in [0.2, 0.25) is 0 Å². The molecule has 0 aromatic carbocycles. The molecular weight excluding hydrogens is 388 g/mol. The number of halogens is 2. The Balaban J connectivity index is 0. The summed E-state index contributed by atoms with van der Waals surface area (Å²) < 4.78 is 8.10. The monoisotopic (exact) mass is 387 g/mol. The van der Waals surface area contributed by atoms with Gasteiger partial charge in [0.15, 0.2) is 0 Å². The average Bonchev–Trinajstić information content (AvgIpc) is 1.46. The zero-order valence-electron chi connectivity index (χ0n) is 1.80. The van der Waals surface area contributed by atoms with E-state index in [2.05, 4.69) is 0 Å². The van der Waals surface area contributed by atoms with Gasteiger partial charge in [-0.2, -0.15) is 0 Å². The Bertz CT molecular complexity index is 13.6. The molecule has 0 fully saturated rings. The minimum absolute atomic E-state index is 0.472. The fourth-order valence-electron chi connectivity index (χ4n) is 0. The molecule has 5 heavy (non-hydrogen) atoms. The molecule has 0 aliphatic rings. The second-order valence-corrected chi connectivity index (χ2v) is 3.33. The molecule has 0 saturated heterocycles. The van der Waals surface area contributed by atoms with Gasteiger partial charge in [0.05, 0.1) is 0 Å². The Morgan fingerprint density at radius 1 is 1.40 bits per heavy atom. The second-order valence-electron chi connectivity index (χ2n) is 0.0452. The maximum atomic E-state index is 8.10. The predicted molar refractivity (Wildman–Crippen MR) is 12.4 cm³/mol. The summed E-state index contributed by atoms with van der Waals surface area (Å²) in [5.74, 6) is 0. The van der Waals surface area contributed by atoms with Gasteiger partial charge in [-0.25, -0.2) is 0 Å². The normalized spacial score (nSPS) is 5.60. The van der Waals surface area contributed by atoms with Crippen LogP contribution in [0.25, 0.3) is 0 Å². The topological polar surface area (TPSA) is 17.1 Å². The van der Waals surface area contributed by atoms with Crippen LogP contribution in [0.2, 0.25) is 0 Å². The molecule has 0 unspecified atom stereocenters. The van der Waals surface area contributed by atoms with E-state index in [9.17, 15) is 0 Å². The molecule has 0 amide bonds. The Morgan fingerprint density at radius 3 is 1.40 bits per heavy atom. The van der Waals surface area contributed by atoms with E-state index in [-0.39, 0.29) is 0 Å². The maximum absolute atomic E-state index is 8.10. The summed E-state index contributed by atoms with van der Waals surface area (Å²) in [5, 5.41) is 0. The molecule has 0 aromatic rings. The fourth-order valence-corrected chi connectivity index (χ4v) is 0. The number of rotatable bonds is 0. The van der Waals surface area contributed by atoms with Crippen molar-refractivity contribution >= 4 is 18.8 Å². The molecular formula is Cl2OPdPt. The van der Waals surface area contributed by atoms with E-state index in [1.54, 1.807) is 0 Å². The molecule has 0 spiro atoms. The van der Waals surface area contributed by atoms with Crippen LogP contribution in [-0.2, 0) is 39.1 Å². The first-order valence-corrected chi connectivity index (χ1v) is 6.63. The van der Waals surface area contributed by atoms with Crippen molar-refractivity contribution in [2.45, 2.75) is 0 Å². The van der Waals surface area contributed by atoms with Gasteiger partial charge in [0.25, 0.3) is 0 Å². The van der Waals surface area contributed by atoms with Crippen molar-refractivity contribution in [1.82, 2.24) is 0 Å². The molecule has 0 bridgehead atoms. The summed E-state index contributed by atoms with van der Waals surface area (Å²) in [4.78, 5) is 0. The van der Waals surface area contributed by atoms with Crippen molar-refractivity contribution in [3.05, 3.63) is 0 Å². The second kappa shape index (κ2) is 17.2. The van der Waals surface area contributed by atoms with E-state index in [0.29, 0.717) is 0 Å². The molecule has 0 aliphatic heterocycles. The first kappa shape index (κ1) is 9.88. The van der Waals surface area contributed by atoms with Crippen molar-refractivity contribution in [2.24, 2.45) is 0 Å². The first-order valence-electron chi connectivity index (χ1n) is 0.368. The quantitative estimate of drug-likeness (QED) is 0.571. The molecule has 0 heterocycles. The van der Waals surface area contributed by atoms with Gasteiger partial charge in [0, 0.05) is 0 Å². The van der Waals surface area contributed by atoms with Crippen molar-refractivity contribution in [2.75, 3.05) is 0 Å². The van der Waals surface area contributed by atoms with Crippen LogP contribution in [0.3, 0.4) is 0 Å². The van der Waals surface area contributed by atoms with Gasteiger partial charge < -0.3 is 0 Å². The molecule has 0 aromatic heterocycles. The summed E-state index contributed by atoms with van der Waals surface area (Å²) in [6, 6.07) is 0. The Kier molecular flexibility index (Phi) is 34.0. The van der Waals surface area contributed by atoms with Gasteiger partial charge in [-0.3, -0.25) is 0 Å². The third-order valence-corrected chi connectivity index (χ3v) is 0. The van der Waals surface area contributed by atoms with Gasteiger partial charge in [-0.05, 0) is 0 Å². The van der Waals surface area contributed by atoms with Crippen LogP contribution >= 0.6 is 18.8 Å². The van der Waals surface area contributed by atoms with E-state index >= 15 is 0 Å².